The molecule has 0 radical (unpaired) electrons. The van der Waals surface area contributed by atoms with E-state index in [4.69, 9.17) is 4.55 Å². The number of hydrogen-bond acceptors (Lipinski definition) is 3. The fraction of sp³-hybridized carbons (Fsp3) is 0.250. The molecule has 3 nitrogen and oxygen atoms in total. The van der Waals surface area contributed by atoms with Crippen LogP contribution < -0.4 is 0 Å². The molecule has 46 valence electrons. The van der Waals surface area contributed by atoms with Crippen LogP contribution >= 0.6 is 12.9 Å². The van der Waals surface area contributed by atoms with Crippen LogP contribution in [-0.4, -0.2) is 14.5 Å². The molecule has 1 rings (SSSR count). The summed E-state index contributed by atoms with van der Waals surface area (Å²) in [6.07, 6.45) is 3.44. The molecule has 1 aromatic rings. The molecule has 0 unspecified atom stereocenters. The molecular weight excluding hydrogens is 124 g/mol. The molecular formula is C4H8N2OS. The fourth-order valence-corrected chi connectivity index (χ4v) is 0.325. The third-order valence-electron chi connectivity index (χ3n) is 0.635. The number of hydrogen-bond donors (Lipinski definition) is 3. The van der Waals surface area contributed by atoms with Crippen LogP contribution in [0.1, 0.15) is 5.69 Å². The average Bonchev–Trinajstić information content (AvgIpc) is 2.24. The van der Waals surface area contributed by atoms with Crippen LogP contribution in [0.25, 0.3) is 0 Å². The van der Waals surface area contributed by atoms with Crippen molar-refractivity contribution in [2.45, 2.75) is 6.92 Å². The van der Waals surface area contributed by atoms with Crippen LogP contribution in [0.4, 0.5) is 0 Å². The van der Waals surface area contributed by atoms with Crippen molar-refractivity contribution in [3.8, 4) is 0 Å². The van der Waals surface area contributed by atoms with Crippen LogP contribution in [0.15, 0.2) is 12.5 Å². The van der Waals surface area contributed by atoms with Crippen LogP contribution in [0.3, 0.4) is 0 Å². The van der Waals surface area contributed by atoms with E-state index in [-0.39, 0.29) is 0 Å². The monoisotopic (exact) mass is 132 g/mol. The summed E-state index contributed by atoms with van der Waals surface area (Å²) in [7, 11) is 0. The van der Waals surface area contributed by atoms with E-state index in [1.165, 1.54) is 0 Å². The normalized spacial score (nSPS) is 7.38. The highest BCUT2D eigenvalue weighted by Gasteiger charge is 1.73. The van der Waals surface area contributed by atoms with Gasteiger partial charge in [0.1, 0.15) is 0 Å². The van der Waals surface area contributed by atoms with Crippen LogP contribution in [-0.2, 0) is 0 Å². The first-order chi connectivity index (χ1) is 3.89. The summed E-state index contributed by atoms with van der Waals surface area (Å²) < 4.78 is 6.69. The molecule has 0 atom stereocenters. The van der Waals surface area contributed by atoms with E-state index >= 15 is 0 Å². The minimum atomic E-state index is 1.11. The summed E-state index contributed by atoms with van der Waals surface area (Å²) in [5.74, 6) is 0. The van der Waals surface area contributed by atoms with Crippen LogP contribution in [0, 0.1) is 6.92 Å². The molecule has 1 aromatic heterocycles. The second kappa shape index (κ2) is 4.67. The summed E-state index contributed by atoms with van der Waals surface area (Å²) in [4.78, 5) is 6.66. The minimum Gasteiger partial charge on any atom is -0.349 e. The Kier molecular flexibility index (Phi) is 4.39. The van der Waals surface area contributed by atoms with Crippen molar-refractivity contribution >= 4 is 12.9 Å². The van der Waals surface area contributed by atoms with E-state index in [9.17, 15) is 0 Å². The first-order valence-electron chi connectivity index (χ1n) is 2.04. The maximum atomic E-state index is 6.69. The summed E-state index contributed by atoms with van der Waals surface area (Å²) in [5.41, 5.74) is 1.11. The summed E-state index contributed by atoms with van der Waals surface area (Å²) in [6.45, 7) is 1.97. The SMILES string of the molecule is Cc1cnc[nH]1.OS. The summed E-state index contributed by atoms with van der Waals surface area (Å²) in [5, 5.41) is 0. The van der Waals surface area contributed by atoms with Gasteiger partial charge in [0, 0.05) is 11.9 Å². The molecule has 0 aliphatic carbocycles. The maximum absolute atomic E-state index is 6.69. The molecule has 1 heterocycles. The van der Waals surface area contributed by atoms with E-state index < -0.39 is 0 Å². The number of thiol groups is 1. The Morgan fingerprint density at radius 1 is 1.75 bits per heavy atom. The molecule has 8 heavy (non-hydrogen) atoms. The molecule has 0 spiro atoms. The number of aromatic nitrogens is 2. The Balaban J connectivity index is 0.000000222. The van der Waals surface area contributed by atoms with Crippen molar-refractivity contribution in [2.24, 2.45) is 0 Å². The number of nitrogens with one attached hydrogen (secondary N) is 1. The zero-order chi connectivity index (χ0) is 6.41. The Hall–Kier alpha value is -0.480. The van der Waals surface area contributed by atoms with Crippen molar-refractivity contribution in [3.63, 3.8) is 0 Å². The van der Waals surface area contributed by atoms with Gasteiger partial charge in [-0.3, -0.25) is 0 Å². The standard InChI is InChI=1S/C4H6N2.H2OS/c1-4-2-5-3-6-4;1-2/h2-3H,1H3,(H,5,6);1-2H. The minimum absolute atomic E-state index is 1.11. The van der Waals surface area contributed by atoms with Gasteiger partial charge in [0.25, 0.3) is 0 Å². The predicted octanol–water partition coefficient (Wildman–Crippen LogP) is 1.11. The zero-order valence-corrected chi connectivity index (χ0v) is 5.39. The molecule has 2 N–H and O–H groups in total. The van der Waals surface area contributed by atoms with Crippen molar-refractivity contribution in [3.05, 3.63) is 18.2 Å². The third-order valence-corrected chi connectivity index (χ3v) is 0.635. The van der Waals surface area contributed by atoms with Crippen molar-refractivity contribution in [1.82, 2.24) is 9.97 Å². The highest BCUT2D eigenvalue weighted by atomic mass is 32.1. The van der Waals surface area contributed by atoms with Gasteiger partial charge in [-0.2, -0.15) is 0 Å². The van der Waals surface area contributed by atoms with E-state index in [2.05, 4.69) is 22.9 Å². The zero-order valence-electron chi connectivity index (χ0n) is 4.50. The second-order valence-electron chi connectivity index (χ2n) is 1.23. The maximum Gasteiger partial charge on any atom is 0.0921 e. The van der Waals surface area contributed by atoms with Gasteiger partial charge in [-0.05, 0) is 19.8 Å². The molecule has 0 aromatic carbocycles. The Morgan fingerprint density at radius 2 is 2.38 bits per heavy atom. The van der Waals surface area contributed by atoms with Gasteiger partial charge in [-0.15, -0.1) is 0 Å². The van der Waals surface area contributed by atoms with Gasteiger partial charge in [0.15, 0.2) is 0 Å². The molecule has 0 bridgehead atoms. The van der Waals surface area contributed by atoms with Crippen molar-refractivity contribution < 1.29 is 4.55 Å². The Labute approximate surface area is 53.4 Å². The number of rotatable bonds is 0. The van der Waals surface area contributed by atoms with Gasteiger partial charge in [0.05, 0.1) is 6.33 Å². The Bertz CT molecular complexity index is 118. The number of nitrogens with zero attached hydrogens (tertiary/aromatic N) is 1. The molecule has 0 saturated heterocycles. The average molecular weight is 132 g/mol. The van der Waals surface area contributed by atoms with Crippen molar-refractivity contribution in [1.29, 1.82) is 0 Å². The summed E-state index contributed by atoms with van der Waals surface area (Å²) >= 11 is 2.53. The lowest BCUT2D eigenvalue weighted by Crippen LogP contribution is -1.59. The first kappa shape index (κ1) is 7.52. The highest BCUT2D eigenvalue weighted by Crippen LogP contribution is 1.81. The molecule has 0 aliphatic rings. The van der Waals surface area contributed by atoms with Gasteiger partial charge in [-0.1, -0.05) is 0 Å². The van der Waals surface area contributed by atoms with E-state index in [0.29, 0.717) is 0 Å². The quantitative estimate of drug-likeness (QED) is 0.366. The third kappa shape index (κ3) is 2.65. The van der Waals surface area contributed by atoms with E-state index in [0.717, 1.165) is 5.69 Å². The lowest BCUT2D eigenvalue weighted by Gasteiger charge is -1.67. The van der Waals surface area contributed by atoms with Gasteiger partial charge >= 0.3 is 0 Å². The fourth-order valence-electron chi connectivity index (χ4n) is 0.325. The second-order valence-corrected chi connectivity index (χ2v) is 1.23. The molecule has 4 heteroatoms. The highest BCUT2D eigenvalue weighted by molar-refractivity contribution is 7.74. The van der Waals surface area contributed by atoms with E-state index in [1.807, 2.05) is 6.92 Å². The topological polar surface area (TPSA) is 48.9 Å². The molecule has 0 fully saturated rings. The van der Waals surface area contributed by atoms with Gasteiger partial charge < -0.3 is 9.54 Å². The predicted molar refractivity (Wildman–Crippen MR) is 34.9 cm³/mol. The molecule has 0 amide bonds. The van der Waals surface area contributed by atoms with Gasteiger partial charge in [-0.25, -0.2) is 4.98 Å². The lowest BCUT2D eigenvalue weighted by atomic mass is 10.6. The van der Waals surface area contributed by atoms with Crippen LogP contribution in [0.5, 0.6) is 0 Å². The summed E-state index contributed by atoms with van der Waals surface area (Å²) in [6, 6.07) is 0. The molecule has 0 aliphatic heterocycles. The Morgan fingerprint density at radius 3 is 2.50 bits per heavy atom. The lowest BCUT2D eigenvalue weighted by molar-refractivity contribution is 0.679. The smallest absolute Gasteiger partial charge is 0.0921 e. The molecule has 0 saturated carbocycles. The number of aromatic amines is 1. The number of imidazole rings is 1. The first-order valence-corrected chi connectivity index (χ1v) is 2.44. The van der Waals surface area contributed by atoms with Crippen LogP contribution in [0.2, 0.25) is 0 Å². The van der Waals surface area contributed by atoms with E-state index in [1.54, 1.807) is 12.5 Å². The van der Waals surface area contributed by atoms with Gasteiger partial charge in [0.2, 0.25) is 0 Å². The number of H-pyrrole nitrogens is 1. The number of aryl methyl sites for hydroxylation is 1. The van der Waals surface area contributed by atoms with Crippen molar-refractivity contribution in [2.75, 3.05) is 0 Å². The largest absolute Gasteiger partial charge is 0.349 e.